The molecule has 6 rings (SSSR count). The van der Waals surface area contributed by atoms with Crippen LogP contribution >= 0.6 is 22.0 Å². The Morgan fingerprint density at radius 1 is 0.979 bits per heavy atom. The summed E-state index contributed by atoms with van der Waals surface area (Å²) in [5.74, 6) is -0.462. The quantitative estimate of drug-likeness (QED) is 0.147. The molecule has 0 spiro atoms. The van der Waals surface area contributed by atoms with Crippen molar-refractivity contribution < 1.29 is 27.1 Å². The molecule has 1 aliphatic rings. The summed E-state index contributed by atoms with van der Waals surface area (Å²) >= 11 is 1.63. The average Bonchev–Trinajstić information content (AvgIpc) is 3.54. The van der Waals surface area contributed by atoms with Gasteiger partial charge in [0.2, 0.25) is 0 Å². The maximum absolute atomic E-state index is 14.2. The normalized spacial score (nSPS) is 14.0. The van der Waals surface area contributed by atoms with Crippen molar-refractivity contribution in [3.8, 4) is 16.1 Å². The third-order valence-electron chi connectivity index (χ3n) is 8.18. The van der Waals surface area contributed by atoms with Crippen molar-refractivity contribution >= 4 is 48.7 Å². The van der Waals surface area contributed by atoms with E-state index in [1.807, 2.05) is 47.9 Å². The van der Waals surface area contributed by atoms with Gasteiger partial charge in [-0.05, 0) is 67.3 Å². The van der Waals surface area contributed by atoms with Crippen molar-refractivity contribution in [3.05, 3.63) is 117 Å². The zero-order valence-corrected chi connectivity index (χ0v) is 28.6. The Bertz CT molecular complexity index is 2210. The molecule has 0 radical (unpaired) electrons. The molecule has 0 bridgehead atoms. The number of carbonyl (C=O) groups is 2. The molecule has 48 heavy (non-hydrogen) atoms. The van der Waals surface area contributed by atoms with Crippen LogP contribution < -0.4 is 5.32 Å². The predicted molar refractivity (Wildman–Crippen MR) is 181 cm³/mol. The van der Waals surface area contributed by atoms with E-state index >= 15 is 0 Å². The van der Waals surface area contributed by atoms with Crippen molar-refractivity contribution in [2.75, 3.05) is 7.11 Å². The fourth-order valence-electron chi connectivity index (χ4n) is 5.54. The van der Waals surface area contributed by atoms with Crippen LogP contribution in [0.25, 0.3) is 16.1 Å². The molecule has 0 unspecified atom stereocenters. The van der Waals surface area contributed by atoms with Crippen molar-refractivity contribution in [1.82, 2.24) is 20.1 Å². The number of halogens is 2. The van der Waals surface area contributed by atoms with Crippen LogP contribution in [-0.2, 0) is 25.1 Å². The molecule has 2 aromatic heterocycles. The second-order valence-corrected chi connectivity index (χ2v) is 15.0. The lowest BCUT2D eigenvalue weighted by atomic mass is 9.96. The van der Waals surface area contributed by atoms with Gasteiger partial charge in [0.1, 0.15) is 27.6 Å². The molecule has 0 fully saturated rings. The second-order valence-electron chi connectivity index (χ2n) is 11.2. The van der Waals surface area contributed by atoms with Gasteiger partial charge in [-0.2, -0.15) is 0 Å². The number of methoxy groups -OCH3 is 1. The highest BCUT2D eigenvalue weighted by atomic mass is 35.7. The van der Waals surface area contributed by atoms with E-state index in [4.69, 9.17) is 20.4 Å². The first-order valence-electron chi connectivity index (χ1n) is 14.7. The number of aromatic nitrogens is 3. The van der Waals surface area contributed by atoms with E-state index in [0.717, 1.165) is 55.5 Å². The van der Waals surface area contributed by atoms with E-state index < -0.39 is 31.8 Å². The van der Waals surface area contributed by atoms with Crippen molar-refractivity contribution in [3.63, 3.8) is 0 Å². The molecule has 246 valence electrons. The minimum atomic E-state index is -4.21. The molecule has 3 aromatic carbocycles. The van der Waals surface area contributed by atoms with Gasteiger partial charge in [-0.3, -0.25) is 19.1 Å². The summed E-state index contributed by atoms with van der Waals surface area (Å²) in [4.78, 5) is 30.8. The smallest absolute Gasteiger partial charge is 0.308 e. The number of rotatable bonds is 8. The van der Waals surface area contributed by atoms with Crippen molar-refractivity contribution in [2.45, 2.75) is 44.7 Å². The number of hydrogen-bond donors (Lipinski definition) is 1. The highest BCUT2D eigenvalue weighted by Gasteiger charge is 2.32. The number of fused-ring (bicyclic) bond motifs is 3. The molecule has 3 heterocycles. The summed E-state index contributed by atoms with van der Waals surface area (Å²) in [6.07, 6.45) is 0.0185. The number of carbonyl (C=O) groups excluding carboxylic acids is 2. The van der Waals surface area contributed by atoms with Crippen LogP contribution in [-0.4, -0.2) is 47.9 Å². The zero-order chi connectivity index (χ0) is 34.3. The third-order valence-corrected chi connectivity index (χ3v) is 10.7. The van der Waals surface area contributed by atoms with Gasteiger partial charge in [0.05, 0.1) is 19.2 Å². The standard InChI is InChI=1S/C34H29ClFN5O5S2/c1-18-19(2)47-34-30(18)31(38-27(16-29(42)46-4)32-40-39-20(3)41(32)34)24-10-6-22(7-11-24)23-8-12-25(13-9-23)33(43)37-17-21-5-14-28(26(36)15-21)48(35,44)45/h5-15,27H,16-17H2,1-4H3,(H,37,43)/t27-/m0/s1. The van der Waals surface area contributed by atoms with Crippen LogP contribution in [0.2, 0.25) is 0 Å². The molecule has 1 atom stereocenters. The number of nitrogens with one attached hydrogen (secondary N) is 1. The summed E-state index contributed by atoms with van der Waals surface area (Å²) in [5.41, 5.74) is 6.28. The topological polar surface area (TPSA) is 133 Å². The number of nitrogens with zero attached hydrogens (tertiary/aromatic N) is 4. The monoisotopic (exact) mass is 705 g/mol. The van der Waals surface area contributed by atoms with Gasteiger partial charge in [0, 0.05) is 38.8 Å². The zero-order valence-electron chi connectivity index (χ0n) is 26.2. The Kier molecular flexibility index (Phi) is 9.03. The Hall–Kier alpha value is -4.72. The van der Waals surface area contributed by atoms with Gasteiger partial charge in [0.15, 0.2) is 5.82 Å². The molecule has 1 aliphatic heterocycles. The van der Waals surface area contributed by atoms with Gasteiger partial charge in [0.25, 0.3) is 15.0 Å². The van der Waals surface area contributed by atoms with E-state index in [1.165, 1.54) is 13.2 Å². The van der Waals surface area contributed by atoms with E-state index in [2.05, 4.69) is 29.4 Å². The lowest BCUT2D eigenvalue weighted by Gasteiger charge is -2.12. The highest BCUT2D eigenvalue weighted by Crippen LogP contribution is 2.39. The Morgan fingerprint density at radius 2 is 1.62 bits per heavy atom. The minimum absolute atomic E-state index is 0.00568. The Morgan fingerprint density at radius 3 is 2.25 bits per heavy atom. The molecule has 5 aromatic rings. The summed E-state index contributed by atoms with van der Waals surface area (Å²) < 4.78 is 44.0. The average molecular weight is 706 g/mol. The number of ether oxygens (including phenoxy) is 1. The molecule has 0 saturated carbocycles. The summed E-state index contributed by atoms with van der Waals surface area (Å²) in [6, 6.07) is 17.9. The number of benzene rings is 3. The SMILES string of the molecule is COC(=O)C[C@@H]1N=C(c2ccc(-c3ccc(C(=O)NCc4ccc(S(=O)(=O)Cl)c(F)c4)cc3)cc2)c2c(sc(C)c2C)-n2c(C)nnc21. The van der Waals surface area contributed by atoms with Gasteiger partial charge in [-0.15, -0.1) is 21.5 Å². The Balaban J connectivity index is 1.23. The van der Waals surface area contributed by atoms with E-state index in [0.29, 0.717) is 22.8 Å². The Labute approximate surface area is 284 Å². The van der Waals surface area contributed by atoms with Crippen LogP contribution in [0, 0.1) is 26.6 Å². The molecule has 10 nitrogen and oxygen atoms in total. The first-order chi connectivity index (χ1) is 22.8. The van der Waals surface area contributed by atoms with E-state index in [1.54, 1.807) is 23.5 Å². The molecular weight excluding hydrogens is 677 g/mol. The van der Waals surface area contributed by atoms with Crippen molar-refractivity contribution in [1.29, 1.82) is 0 Å². The summed E-state index contributed by atoms with van der Waals surface area (Å²) in [7, 11) is 2.38. The highest BCUT2D eigenvalue weighted by molar-refractivity contribution is 8.13. The summed E-state index contributed by atoms with van der Waals surface area (Å²) in [6.45, 7) is 6.01. The number of aryl methyl sites for hydroxylation is 2. The van der Waals surface area contributed by atoms with Gasteiger partial charge < -0.3 is 10.1 Å². The van der Waals surface area contributed by atoms with Crippen LogP contribution in [0.15, 0.2) is 76.6 Å². The number of hydrogen-bond acceptors (Lipinski definition) is 9. The van der Waals surface area contributed by atoms with Crippen LogP contribution in [0.4, 0.5) is 4.39 Å². The molecule has 0 saturated heterocycles. The van der Waals surface area contributed by atoms with Gasteiger partial charge in [-0.25, -0.2) is 12.8 Å². The molecular formula is C34H29ClFN5O5S2. The number of aliphatic imine (C=N–C) groups is 1. The van der Waals surface area contributed by atoms with Crippen LogP contribution in [0.3, 0.4) is 0 Å². The molecule has 1 N–H and O–H groups in total. The first-order valence-corrected chi connectivity index (χ1v) is 17.9. The fourth-order valence-corrected chi connectivity index (χ4v) is 7.65. The van der Waals surface area contributed by atoms with Crippen LogP contribution in [0.5, 0.6) is 0 Å². The summed E-state index contributed by atoms with van der Waals surface area (Å²) in [5, 5.41) is 12.4. The number of esters is 1. The molecule has 1 amide bonds. The first kappa shape index (κ1) is 33.2. The maximum atomic E-state index is 14.2. The van der Waals surface area contributed by atoms with Gasteiger partial charge in [-0.1, -0.05) is 42.5 Å². The molecule has 0 aliphatic carbocycles. The number of thiophene rings is 1. The third kappa shape index (κ3) is 6.40. The second kappa shape index (κ2) is 13.1. The largest absolute Gasteiger partial charge is 0.469 e. The maximum Gasteiger partial charge on any atom is 0.308 e. The lowest BCUT2D eigenvalue weighted by Crippen LogP contribution is -2.22. The van der Waals surface area contributed by atoms with Crippen molar-refractivity contribution in [2.24, 2.45) is 4.99 Å². The van der Waals surface area contributed by atoms with Crippen LogP contribution in [0.1, 0.15) is 61.6 Å². The lowest BCUT2D eigenvalue weighted by molar-refractivity contribution is -0.141. The van der Waals surface area contributed by atoms with E-state index in [9.17, 15) is 22.4 Å². The predicted octanol–water partition coefficient (Wildman–Crippen LogP) is 6.37. The fraction of sp³-hybridized carbons (Fsp3) is 0.206. The van der Waals surface area contributed by atoms with Gasteiger partial charge >= 0.3 is 5.97 Å². The molecule has 14 heteroatoms. The number of amides is 1. The minimum Gasteiger partial charge on any atom is -0.469 e. The van der Waals surface area contributed by atoms with E-state index in [-0.39, 0.29) is 18.9 Å².